The van der Waals surface area contributed by atoms with Crippen molar-refractivity contribution in [2.75, 3.05) is 25.0 Å². The van der Waals surface area contributed by atoms with Crippen molar-refractivity contribution in [3.63, 3.8) is 0 Å². The predicted octanol–water partition coefficient (Wildman–Crippen LogP) is 3.09. The van der Waals surface area contributed by atoms with E-state index in [0.29, 0.717) is 30.5 Å². The molecule has 1 saturated heterocycles. The number of halogens is 1. The van der Waals surface area contributed by atoms with Crippen molar-refractivity contribution in [2.45, 2.75) is 38.8 Å². The summed E-state index contributed by atoms with van der Waals surface area (Å²) in [6.45, 7) is 5.69. The molecule has 3 aromatic rings. The standard InChI is InChI=1S/C25H27FN4O4/c1-3-34-25(33)23-22(18-10-17(26)7-8-19(18)27-23)28-24(32)14(2)29-11-15-9-16(13-29)20-5-4-6-21(31)30(20)12-15/h4-8,10,14-16,27H,3,9,11-13H2,1-2H3,(H,28,32)/t14?,15-,16+/m1/s1. The number of hydrogen-bond donors (Lipinski definition) is 2. The number of nitrogens with one attached hydrogen (secondary N) is 2. The molecule has 3 atom stereocenters. The predicted molar refractivity (Wildman–Crippen MR) is 125 cm³/mol. The number of piperidine rings is 1. The molecule has 1 aromatic carbocycles. The number of anilines is 1. The smallest absolute Gasteiger partial charge is 0.356 e. The molecule has 0 spiro atoms. The van der Waals surface area contributed by atoms with Gasteiger partial charge in [-0.1, -0.05) is 6.07 Å². The van der Waals surface area contributed by atoms with E-state index in [1.54, 1.807) is 19.1 Å². The summed E-state index contributed by atoms with van der Waals surface area (Å²) in [5.41, 5.74) is 1.87. The summed E-state index contributed by atoms with van der Waals surface area (Å²) >= 11 is 0. The van der Waals surface area contributed by atoms with Crippen LogP contribution in [0.15, 0.2) is 41.2 Å². The van der Waals surface area contributed by atoms with E-state index in [2.05, 4.69) is 15.2 Å². The van der Waals surface area contributed by atoms with Crippen LogP contribution in [-0.4, -0.2) is 52.1 Å². The van der Waals surface area contributed by atoms with E-state index >= 15 is 0 Å². The molecule has 9 heteroatoms. The second-order valence-corrected chi connectivity index (χ2v) is 9.10. The van der Waals surface area contributed by atoms with E-state index in [9.17, 15) is 18.8 Å². The third-order valence-electron chi connectivity index (χ3n) is 6.92. The Balaban J connectivity index is 1.40. The summed E-state index contributed by atoms with van der Waals surface area (Å²) in [5.74, 6) is -0.922. The monoisotopic (exact) mass is 466 g/mol. The van der Waals surface area contributed by atoms with Gasteiger partial charge in [0.05, 0.1) is 18.3 Å². The van der Waals surface area contributed by atoms with Crippen LogP contribution in [0.1, 0.15) is 42.4 Å². The van der Waals surface area contributed by atoms with Gasteiger partial charge in [0, 0.05) is 48.2 Å². The van der Waals surface area contributed by atoms with Crippen LogP contribution >= 0.6 is 0 Å². The van der Waals surface area contributed by atoms with Crippen molar-refractivity contribution in [3.05, 3.63) is 64.0 Å². The molecular weight excluding hydrogens is 439 g/mol. The SMILES string of the molecule is CCOC(=O)c1[nH]c2ccc(F)cc2c1NC(=O)C(C)N1C[C@H]2C[C@@H](C1)c1cccc(=O)n1C2. The van der Waals surface area contributed by atoms with Gasteiger partial charge < -0.3 is 19.6 Å². The van der Waals surface area contributed by atoms with Gasteiger partial charge in [0.1, 0.15) is 11.5 Å². The highest BCUT2D eigenvalue weighted by atomic mass is 19.1. The zero-order chi connectivity index (χ0) is 24.0. The molecular formula is C25H27FN4O4. The number of fused-ring (bicyclic) bond motifs is 5. The first kappa shape index (κ1) is 22.3. The summed E-state index contributed by atoms with van der Waals surface area (Å²) in [6.07, 6.45) is 0.989. The third kappa shape index (κ3) is 3.90. The van der Waals surface area contributed by atoms with Gasteiger partial charge in [0.2, 0.25) is 5.91 Å². The topological polar surface area (TPSA) is 96.4 Å². The van der Waals surface area contributed by atoms with Gasteiger partial charge in [0.25, 0.3) is 5.56 Å². The number of amides is 1. The highest BCUT2D eigenvalue weighted by Gasteiger charge is 2.37. The highest BCUT2D eigenvalue weighted by Crippen LogP contribution is 2.36. The average Bonchev–Trinajstić information content (AvgIpc) is 3.17. The van der Waals surface area contributed by atoms with Crippen molar-refractivity contribution in [1.29, 1.82) is 0 Å². The number of aromatic amines is 1. The number of benzene rings is 1. The van der Waals surface area contributed by atoms with Crippen LogP contribution in [0.3, 0.4) is 0 Å². The van der Waals surface area contributed by atoms with E-state index in [1.165, 1.54) is 18.2 Å². The number of likely N-dealkylation sites (tertiary alicyclic amines) is 1. The lowest BCUT2D eigenvalue weighted by atomic mass is 9.82. The Hall–Kier alpha value is -3.46. The van der Waals surface area contributed by atoms with Gasteiger partial charge in [-0.25, -0.2) is 9.18 Å². The summed E-state index contributed by atoms with van der Waals surface area (Å²) in [7, 11) is 0. The maximum atomic E-state index is 14.0. The first-order valence-corrected chi connectivity index (χ1v) is 11.6. The minimum atomic E-state index is -0.614. The number of pyridine rings is 1. The number of H-pyrrole nitrogens is 1. The van der Waals surface area contributed by atoms with Crippen LogP contribution in [0.4, 0.5) is 10.1 Å². The van der Waals surface area contributed by atoms with E-state index in [-0.39, 0.29) is 41.3 Å². The molecule has 2 aliphatic rings. The van der Waals surface area contributed by atoms with Crippen LogP contribution in [-0.2, 0) is 16.1 Å². The number of carbonyl (C=O) groups excluding carboxylic acids is 2. The minimum Gasteiger partial charge on any atom is -0.461 e. The van der Waals surface area contributed by atoms with Crippen LogP contribution in [0.2, 0.25) is 0 Å². The second kappa shape index (κ2) is 8.72. The fourth-order valence-electron chi connectivity index (χ4n) is 5.29. The van der Waals surface area contributed by atoms with Gasteiger partial charge >= 0.3 is 5.97 Å². The average molecular weight is 467 g/mol. The zero-order valence-corrected chi connectivity index (χ0v) is 19.1. The molecule has 1 unspecified atom stereocenters. The van der Waals surface area contributed by atoms with Crippen molar-refractivity contribution in [1.82, 2.24) is 14.5 Å². The summed E-state index contributed by atoms with van der Waals surface area (Å²) in [6, 6.07) is 8.98. The number of aromatic nitrogens is 2. The molecule has 8 nitrogen and oxygen atoms in total. The zero-order valence-electron chi connectivity index (χ0n) is 19.1. The molecule has 34 heavy (non-hydrogen) atoms. The van der Waals surface area contributed by atoms with E-state index in [0.717, 1.165) is 12.1 Å². The van der Waals surface area contributed by atoms with Gasteiger partial charge in [0.15, 0.2) is 0 Å². The van der Waals surface area contributed by atoms with Gasteiger partial charge in [-0.2, -0.15) is 0 Å². The molecule has 2 bridgehead atoms. The Morgan fingerprint density at radius 2 is 2.06 bits per heavy atom. The van der Waals surface area contributed by atoms with Crippen LogP contribution in [0, 0.1) is 11.7 Å². The lowest BCUT2D eigenvalue weighted by molar-refractivity contribution is -0.121. The van der Waals surface area contributed by atoms with E-state index in [1.807, 2.05) is 17.6 Å². The molecule has 4 heterocycles. The summed E-state index contributed by atoms with van der Waals surface area (Å²) < 4.78 is 20.9. The number of hydrogen-bond acceptors (Lipinski definition) is 5. The molecule has 1 fully saturated rings. The van der Waals surface area contributed by atoms with Gasteiger partial charge in [-0.05, 0) is 50.5 Å². The highest BCUT2D eigenvalue weighted by molar-refractivity contribution is 6.11. The maximum absolute atomic E-state index is 14.0. The third-order valence-corrected chi connectivity index (χ3v) is 6.92. The fourth-order valence-corrected chi connectivity index (χ4v) is 5.29. The number of ether oxygens (including phenoxy) is 1. The van der Waals surface area contributed by atoms with E-state index in [4.69, 9.17) is 4.74 Å². The van der Waals surface area contributed by atoms with Gasteiger partial charge in [-0.3, -0.25) is 14.5 Å². The molecule has 0 saturated carbocycles. The molecule has 2 aliphatic heterocycles. The number of esters is 1. The second-order valence-electron chi connectivity index (χ2n) is 9.10. The first-order chi connectivity index (χ1) is 16.4. The normalized spacial score (nSPS) is 20.6. The quantitative estimate of drug-likeness (QED) is 0.564. The van der Waals surface area contributed by atoms with Crippen LogP contribution < -0.4 is 10.9 Å². The fraction of sp³-hybridized carbons (Fsp3) is 0.400. The van der Waals surface area contributed by atoms with E-state index < -0.39 is 17.8 Å². The van der Waals surface area contributed by atoms with Crippen molar-refractivity contribution >= 4 is 28.5 Å². The molecule has 0 radical (unpaired) electrons. The van der Waals surface area contributed by atoms with Crippen molar-refractivity contribution in [3.8, 4) is 0 Å². The molecule has 5 rings (SSSR count). The van der Waals surface area contributed by atoms with Crippen molar-refractivity contribution in [2.24, 2.45) is 5.92 Å². The minimum absolute atomic E-state index is 0.0181. The first-order valence-electron chi connectivity index (χ1n) is 11.6. The van der Waals surface area contributed by atoms with Gasteiger partial charge in [-0.15, -0.1) is 0 Å². The Bertz CT molecular complexity index is 1330. The number of rotatable bonds is 5. The Morgan fingerprint density at radius 1 is 1.24 bits per heavy atom. The van der Waals surface area contributed by atoms with Crippen molar-refractivity contribution < 1.29 is 18.7 Å². The number of carbonyl (C=O) groups is 2. The van der Waals surface area contributed by atoms with Crippen LogP contribution in [0.5, 0.6) is 0 Å². The molecule has 0 aliphatic carbocycles. The largest absolute Gasteiger partial charge is 0.461 e. The Morgan fingerprint density at radius 3 is 2.85 bits per heavy atom. The summed E-state index contributed by atoms with van der Waals surface area (Å²) in [5, 5.41) is 3.27. The van der Waals surface area contributed by atoms with Crippen LogP contribution in [0.25, 0.3) is 10.9 Å². The molecule has 1 amide bonds. The molecule has 2 N–H and O–H groups in total. The Labute approximate surface area is 195 Å². The molecule has 2 aromatic heterocycles. The number of nitrogens with zero attached hydrogens (tertiary/aromatic N) is 2. The lowest BCUT2D eigenvalue weighted by Gasteiger charge is -2.44. The Kier molecular flexibility index (Phi) is 5.73. The molecule has 178 valence electrons. The maximum Gasteiger partial charge on any atom is 0.356 e. The summed E-state index contributed by atoms with van der Waals surface area (Å²) in [4.78, 5) is 43.2. The lowest BCUT2D eigenvalue weighted by Crippen LogP contribution is -2.52.